The Kier molecular flexibility index (Phi) is 6.92. The highest BCUT2D eigenvalue weighted by Gasteiger charge is 2.28. The van der Waals surface area contributed by atoms with Gasteiger partial charge in [0.15, 0.2) is 0 Å². The molecule has 0 atom stereocenters. The van der Waals surface area contributed by atoms with Crippen LogP contribution >= 0.6 is 11.8 Å². The van der Waals surface area contributed by atoms with Crippen molar-refractivity contribution >= 4 is 33.7 Å². The zero-order valence-electron chi connectivity index (χ0n) is 17.6. The van der Waals surface area contributed by atoms with E-state index in [2.05, 4.69) is 22.4 Å². The minimum Gasteiger partial charge on any atom is -0.407 e. The van der Waals surface area contributed by atoms with Crippen LogP contribution in [0.15, 0.2) is 68.8 Å². The lowest BCUT2D eigenvalue weighted by Crippen LogP contribution is -2.37. The van der Waals surface area contributed by atoms with Crippen LogP contribution in [0.25, 0.3) is 0 Å². The number of carbonyl (C=O) groups excluding carboxylic acids is 1. The number of rotatable bonds is 7. The van der Waals surface area contributed by atoms with Gasteiger partial charge in [-0.2, -0.15) is 4.31 Å². The van der Waals surface area contributed by atoms with Crippen molar-refractivity contribution in [2.75, 3.05) is 18.4 Å². The van der Waals surface area contributed by atoms with E-state index < -0.39 is 15.9 Å². The third-order valence-corrected chi connectivity index (χ3v) is 8.20. The molecule has 0 radical (unpaired) electrons. The van der Waals surface area contributed by atoms with E-state index in [1.165, 1.54) is 28.6 Å². The number of amides is 1. The molecule has 2 aromatic carbocycles. The summed E-state index contributed by atoms with van der Waals surface area (Å²) in [6, 6.07) is 15.7. The van der Waals surface area contributed by atoms with Crippen molar-refractivity contribution in [3.63, 3.8) is 0 Å². The third kappa shape index (κ3) is 5.37. The van der Waals surface area contributed by atoms with E-state index in [9.17, 15) is 13.2 Å². The van der Waals surface area contributed by atoms with E-state index in [0.29, 0.717) is 36.2 Å². The number of nitrogens with one attached hydrogen (secondary N) is 1. The van der Waals surface area contributed by atoms with Crippen LogP contribution in [0.1, 0.15) is 36.0 Å². The summed E-state index contributed by atoms with van der Waals surface area (Å²) in [5, 5.41) is 10.4. The van der Waals surface area contributed by atoms with Gasteiger partial charge in [0.25, 0.3) is 5.91 Å². The van der Waals surface area contributed by atoms with Crippen LogP contribution in [0.5, 0.6) is 0 Å². The standard InChI is InChI=1S/C22H24N4O4S2/c1-16-11-13-26(14-12-16)32(28,29)19-9-7-17(8-10-19)21(27)23-22-25-24-20(30-22)15-31-18-5-3-2-4-6-18/h2-10,16H,11-15H2,1H3,(H,23,25,27). The van der Waals surface area contributed by atoms with Crippen molar-refractivity contribution in [2.45, 2.75) is 35.3 Å². The lowest BCUT2D eigenvalue weighted by molar-refractivity contribution is 0.102. The number of nitrogens with zero attached hydrogens (tertiary/aromatic N) is 3. The molecule has 8 nitrogen and oxygen atoms in total. The molecule has 0 spiro atoms. The Bertz CT molecular complexity index is 1160. The summed E-state index contributed by atoms with van der Waals surface area (Å²) in [6.45, 7) is 3.17. The summed E-state index contributed by atoms with van der Waals surface area (Å²) < 4.78 is 32.6. The van der Waals surface area contributed by atoms with Gasteiger partial charge in [-0.25, -0.2) is 8.42 Å². The van der Waals surface area contributed by atoms with Gasteiger partial charge in [0.2, 0.25) is 15.9 Å². The molecule has 32 heavy (non-hydrogen) atoms. The first-order valence-electron chi connectivity index (χ1n) is 10.3. The van der Waals surface area contributed by atoms with E-state index in [0.717, 1.165) is 17.7 Å². The van der Waals surface area contributed by atoms with Crippen molar-refractivity contribution in [3.05, 3.63) is 66.1 Å². The maximum atomic E-state index is 12.8. The molecule has 0 bridgehead atoms. The van der Waals surface area contributed by atoms with Crippen molar-refractivity contribution in [2.24, 2.45) is 5.92 Å². The summed E-state index contributed by atoms with van der Waals surface area (Å²) >= 11 is 1.55. The Balaban J connectivity index is 1.35. The maximum absolute atomic E-state index is 12.8. The quantitative estimate of drug-likeness (QED) is 0.518. The number of thioether (sulfide) groups is 1. The first-order chi connectivity index (χ1) is 15.4. The zero-order chi connectivity index (χ0) is 22.6. The monoisotopic (exact) mass is 472 g/mol. The SMILES string of the molecule is CC1CCN(S(=O)(=O)c2ccc(C(=O)Nc3nnc(CSc4ccccc4)o3)cc2)CC1. The first kappa shape index (κ1) is 22.5. The fourth-order valence-electron chi connectivity index (χ4n) is 3.35. The summed E-state index contributed by atoms with van der Waals surface area (Å²) in [7, 11) is -3.55. The van der Waals surface area contributed by atoms with Crippen LogP contribution in [-0.2, 0) is 15.8 Å². The van der Waals surface area contributed by atoms with Crippen molar-refractivity contribution in [3.8, 4) is 0 Å². The summed E-state index contributed by atoms with van der Waals surface area (Å²) in [4.78, 5) is 13.8. The molecule has 0 aliphatic carbocycles. The van der Waals surface area contributed by atoms with Crippen molar-refractivity contribution in [1.82, 2.24) is 14.5 Å². The number of benzene rings is 2. The highest BCUT2D eigenvalue weighted by molar-refractivity contribution is 7.98. The Morgan fingerprint density at radius 3 is 2.47 bits per heavy atom. The molecule has 0 unspecified atom stereocenters. The molecule has 1 fully saturated rings. The van der Waals surface area contributed by atoms with E-state index in [4.69, 9.17) is 4.42 Å². The maximum Gasteiger partial charge on any atom is 0.322 e. The van der Waals surface area contributed by atoms with E-state index in [-0.39, 0.29) is 10.9 Å². The van der Waals surface area contributed by atoms with Gasteiger partial charge in [-0.3, -0.25) is 10.1 Å². The normalized spacial score (nSPS) is 15.5. The molecule has 1 N–H and O–H groups in total. The van der Waals surface area contributed by atoms with Crippen LogP contribution in [0.2, 0.25) is 0 Å². The molecule has 10 heteroatoms. The Labute approximate surface area is 191 Å². The van der Waals surface area contributed by atoms with Gasteiger partial charge in [0.05, 0.1) is 10.6 Å². The number of sulfonamides is 1. The average Bonchev–Trinajstić information content (AvgIpc) is 3.26. The van der Waals surface area contributed by atoms with Crippen LogP contribution in [0.3, 0.4) is 0 Å². The third-order valence-electron chi connectivity index (χ3n) is 5.29. The highest BCUT2D eigenvalue weighted by atomic mass is 32.2. The minimum atomic E-state index is -3.55. The lowest BCUT2D eigenvalue weighted by atomic mass is 10.0. The second kappa shape index (κ2) is 9.85. The molecule has 3 aromatic rings. The van der Waals surface area contributed by atoms with Gasteiger partial charge in [-0.15, -0.1) is 16.9 Å². The molecular formula is C22H24N4O4S2. The molecular weight excluding hydrogens is 448 g/mol. The fraction of sp³-hybridized carbons (Fsp3) is 0.318. The average molecular weight is 473 g/mol. The molecule has 2 heterocycles. The van der Waals surface area contributed by atoms with E-state index >= 15 is 0 Å². The van der Waals surface area contributed by atoms with Crippen LogP contribution in [0.4, 0.5) is 6.01 Å². The second-order valence-corrected chi connectivity index (χ2v) is 10.7. The molecule has 0 saturated carbocycles. The van der Waals surface area contributed by atoms with Gasteiger partial charge in [-0.1, -0.05) is 30.2 Å². The lowest BCUT2D eigenvalue weighted by Gasteiger charge is -2.29. The predicted octanol–water partition coefficient (Wildman–Crippen LogP) is 4.03. The first-order valence-corrected chi connectivity index (χ1v) is 12.8. The van der Waals surface area contributed by atoms with Crippen molar-refractivity contribution in [1.29, 1.82) is 0 Å². The van der Waals surface area contributed by atoms with Gasteiger partial charge in [-0.05, 0) is 55.2 Å². The van der Waals surface area contributed by atoms with Gasteiger partial charge in [0.1, 0.15) is 0 Å². The summed E-state index contributed by atoms with van der Waals surface area (Å²) in [5.41, 5.74) is 0.301. The Morgan fingerprint density at radius 1 is 1.09 bits per heavy atom. The summed E-state index contributed by atoms with van der Waals surface area (Å²) in [5.74, 6) is 0.960. The molecule has 4 rings (SSSR count). The zero-order valence-corrected chi connectivity index (χ0v) is 19.2. The number of aromatic nitrogens is 2. The molecule has 168 valence electrons. The minimum absolute atomic E-state index is 0.00204. The number of anilines is 1. The highest BCUT2D eigenvalue weighted by Crippen LogP contribution is 2.24. The van der Waals surface area contributed by atoms with Crippen LogP contribution in [-0.4, -0.2) is 41.9 Å². The van der Waals surface area contributed by atoms with Crippen LogP contribution in [0, 0.1) is 5.92 Å². The van der Waals surface area contributed by atoms with Gasteiger partial charge in [0, 0.05) is 23.5 Å². The molecule has 1 saturated heterocycles. The topological polar surface area (TPSA) is 105 Å². The number of piperidine rings is 1. The fourth-order valence-corrected chi connectivity index (χ4v) is 5.57. The molecule has 1 amide bonds. The van der Waals surface area contributed by atoms with Crippen LogP contribution < -0.4 is 5.32 Å². The van der Waals surface area contributed by atoms with Gasteiger partial charge >= 0.3 is 6.01 Å². The number of hydrogen-bond acceptors (Lipinski definition) is 7. The Morgan fingerprint density at radius 2 is 1.78 bits per heavy atom. The summed E-state index contributed by atoms with van der Waals surface area (Å²) in [6.07, 6.45) is 1.71. The molecule has 1 aliphatic heterocycles. The molecule has 1 aliphatic rings. The largest absolute Gasteiger partial charge is 0.407 e. The predicted molar refractivity (Wildman–Crippen MR) is 122 cm³/mol. The van der Waals surface area contributed by atoms with Crippen molar-refractivity contribution < 1.29 is 17.6 Å². The smallest absolute Gasteiger partial charge is 0.322 e. The number of carbonyl (C=O) groups is 1. The number of hydrogen-bond donors (Lipinski definition) is 1. The molecule has 1 aromatic heterocycles. The van der Waals surface area contributed by atoms with Gasteiger partial charge < -0.3 is 4.42 Å². The van der Waals surface area contributed by atoms with E-state index in [1.54, 1.807) is 11.8 Å². The Hall–Kier alpha value is -2.69. The van der Waals surface area contributed by atoms with E-state index in [1.807, 2.05) is 30.3 Å². The second-order valence-electron chi connectivity index (χ2n) is 7.67.